The summed E-state index contributed by atoms with van der Waals surface area (Å²) in [6, 6.07) is 8.26. The number of hydrogen-bond acceptors (Lipinski definition) is 3. The maximum absolute atomic E-state index is 8.76. The lowest BCUT2D eigenvalue weighted by Gasteiger charge is -2.32. The van der Waals surface area contributed by atoms with Crippen molar-refractivity contribution >= 4 is 0 Å². The number of nitrogens with zero attached hydrogens (tertiary/aromatic N) is 1. The van der Waals surface area contributed by atoms with Gasteiger partial charge in [-0.15, -0.1) is 0 Å². The SMILES string of the molecule is CCCOC1CCCN(Cc2cccc(C#CCO)c2)C1. The smallest absolute Gasteiger partial charge is 0.104 e. The van der Waals surface area contributed by atoms with Crippen molar-refractivity contribution in [2.75, 3.05) is 26.3 Å². The molecule has 0 radical (unpaired) electrons. The van der Waals surface area contributed by atoms with Gasteiger partial charge in [0.15, 0.2) is 0 Å². The lowest BCUT2D eigenvalue weighted by molar-refractivity contribution is -0.00222. The first kappa shape index (κ1) is 16.0. The molecule has 3 nitrogen and oxygen atoms in total. The molecule has 1 aliphatic heterocycles. The number of benzene rings is 1. The third kappa shape index (κ3) is 5.51. The van der Waals surface area contributed by atoms with E-state index in [9.17, 15) is 0 Å². The van der Waals surface area contributed by atoms with E-state index in [-0.39, 0.29) is 6.61 Å². The van der Waals surface area contributed by atoms with Gasteiger partial charge in [0.25, 0.3) is 0 Å². The quantitative estimate of drug-likeness (QED) is 0.844. The van der Waals surface area contributed by atoms with E-state index >= 15 is 0 Å². The van der Waals surface area contributed by atoms with Gasteiger partial charge in [0, 0.05) is 25.3 Å². The fraction of sp³-hybridized carbons (Fsp3) is 0.556. The fourth-order valence-corrected chi connectivity index (χ4v) is 2.72. The van der Waals surface area contributed by atoms with E-state index < -0.39 is 0 Å². The molecule has 1 unspecified atom stereocenters. The van der Waals surface area contributed by atoms with Crippen LogP contribution in [0.3, 0.4) is 0 Å². The predicted octanol–water partition coefficient (Wildman–Crippen LogP) is 2.42. The number of hydrogen-bond donors (Lipinski definition) is 1. The summed E-state index contributed by atoms with van der Waals surface area (Å²) < 4.78 is 5.89. The van der Waals surface area contributed by atoms with Crippen LogP contribution in [0.25, 0.3) is 0 Å². The second-order valence-corrected chi connectivity index (χ2v) is 5.53. The summed E-state index contributed by atoms with van der Waals surface area (Å²) in [5, 5.41) is 8.76. The zero-order valence-electron chi connectivity index (χ0n) is 12.8. The van der Waals surface area contributed by atoms with E-state index in [0.29, 0.717) is 6.10 Å². The van der Waals surface area contributed by atoms with Crippen LogP contribution >= 0.6 is 0 Å². The van der Waals surface area contributed by atoms with Crippen molar-refractivity contribution < 1.29 is 9.84 Å². The van der Waals surface area contributed by atoms with Gasteiger partial charge in [-0.25, -0.2) is 0 Å². The van der Waals surface area contributed by atoms with Crippen molar-refractivity contribution in [3.63, 3.8) is 0 Å². The molecule has 2 rings (SSSR count). The molecule has 1 fully saturated rings. The van der Waals surface area contributed by atoms with E-state index in [0.717, 1.165) is 38.2 Å². The number of likely N-dealkylation sites (tertiary alicyclic amines) is 1. The monoisotopic (exact) mass is 287 g/mol. The minimum Gasteiger partial charge on any atom is -0.384 e. The Labute approximate surface area is 127 Å². The third-order valence-corrected chi connectivity index (χ3v) is 3.66. The molecule has 1 heterocycles. The van der Waals surface area contributed by atoms with E-state index in [4.69, 9.17) is 9.84 Å². The molecule has 0 aliphatic carbocycles. The highest BCUT2D eigenvalue weighted by Crippen LogP contribution is 2.16. The predicted molar refractivity (Wildman–Crippen MR) is 84.9 cm³/mol. The highest BCUT2D eigenvalue weighted by molar-refractivity contribution is 5.37. The van der Waals surface area contributed by atoms with Gasteiger partial charge < -0.3 is 9.84 Å². The Kier molecular flexibility index (Phi) is 6.75. The summed E-state index contributed by atoms with van der Waals surface area (Å²) in [5.74, 6) is 5.66. The highest BCUT2D eigenvalue weighted by atomic mass is 16.5. The van der Waals surface area contributed by atoms with Gasteiger partial charge in [0.2, 0.25) is 0 Å². The number of aliphatic hydroxyl groups is 1. The van der Waals surface area contributed by atoms with Gasteiger partial charge in [-0.2, -0.15) is 0 Å². The molecule has 21 heavy (non-hydrogen) atoms. The Morgan fingerprint density at radius 2 is 2.33 bits per heavy atom. The molecule has 0 bridgehead atoms. The maximum Gasteiger partial charge on any atom is 0.104 e. The van der Waals surface area contributed by atoms with Gasteiger partial charge in [-0.05, 0) is 43.5 Å². The van der Waals surface area contributed by atoms with Crippen LogP contribution in [-0.4, -0.2) is 42.4 Å². The molecule has 3 heteroatoms. The molecule has 1 N–H and O–H groups in total. The Bertz CT molecular complexity index is 489. The van der Waals surface area contributed by atoms with Crippen molar-refractivity contribution in [3.05, 3.63) is 35.4 Å². The number of ether oxygens (including phenoxy) is 1. The zero-order valence-corrected chi connectivity index (χ0v) is 12.8. The van der Waals surface area contributed by atoms with Crippen molar-refractivity contribution in [3.8, 4) is 11.8 Å². The molecule has 0 amide bonds. The van der Waals surface area contributed by atoms with Crippen LogP contribution in [0.5, 0.6) is 0 Å². The van der Waals surface area contributed by atoms with Gasteiger partial charge in [0.1, 0.15) is 6.61 Å². The fourth-order valence-electron chi connectivity index (χ4n) is 2.72. The second-order valence-electron chi connectivity index (χ2n) is 5.53. The normalized spacial score (nSPS) is 19.0. The van der Waals surface area contributed by atoms with E-state index in [1.807, 2.05) is 12.1 Å². The molecule has 1 aromatic rings. The first-order valence-corrected chi connectivity index (χ1v) is 7.84. The largest absolute Gasteiger partial charge is 0.384 e. The van der Waals surface area contributed by atoms with Gasteiger partial charge >= 0.3 is 0 Å². The van der Waals surface area contributed by atoms with E-state index in [1.54, 1.807) is 0 Å². The summed E-state index contributed by atoms with van der Waals surface area (Å²) in [4.78, 5) is 2.46. The van der Waals surface area contributed by atoms with Crippen molar-refractivity contribution in [2.45, 2.75) is 38.8 Å². The van der Waals surface area contributed by atoms with E-state index in [2.05, 4.69) is 35.8 Å². The number of piperidine rings is 1. The van der Waals surface area contributed by atoms with Crippen LogP contribution in [0.15, 0.2) is 24.3 Å². The van der Waals surface area contributed by atoms with Gasteiger partial charge in [-0.3, -0.25) is 4.90 Å². The molecule has 1 saturated heterocycles. The minimum absolute atomic E-state index is 0.0905. The summed E-state index contributed by atoms with van der Waals surface area (Å²) in [7, 11) is 0. The third-order valence-electron chi connectivity index (χ3n) is 3.66. The molecule has 0 aromatic heterocycles. The maximum atomic E-state index is 8.76. The average Bonchev–Trinajstić information content (AvgIpc) is 2.52. The number of aliphatic hydroxyl groups excluding tert-OH is 1. The highest BCUT2D eigenvalue weighted by Gasteiger charge is 2.20. The summed E-state index contributed by atoms with van der Waals surface area (Å²) in [6.07, 6.45) is 3.86. The lowest BCUT2D eigenvalue weighted by atomic mass is 10.1. The molecule has 1 atom stereocenters. The van der Waals surface area contributed by atoms with Crippen LogP contribution in [0, 0.1) is 11.8 Å². The summed E-state index contributed by atoms with van der Waals surface area (Å²) in [6.45, 7) is 6.03. The molecule has 0 saturated carbocycles. The van der Waals surface area contributed by atoms with Crippen LogP contribution in [0.1, 0.15) is 37.3 Å². The summed E-state index contributed by atoms with van der Waals surface area (Å²) >= 11 is 0. The minimum atomic E-state index is -0.0905. The number of rotatable bonds is 5. The van der Waals surface area contributed by atoms with Gasteiger partial charge in [0.05, 0.1) is 6.10 Å². The molecule has 0 spiro atoms. The lowest BCUT2D eigenvalue weighted by Crippen LogP contribution is -2.39. The van der Waals surface area contributed by atoms with Crippen LogP contribution < -0.4 is 0 Å². The second kappa shape index (κ2) is 8.84. The first-order chi connectivity index (χ1) is 10.3. The summed E-state index contributed by atoms with van der Waals surface area (Å²) in [5.41, 5.74) is 2.24. The molecular weight excluding hydrogens is 262 g/mol. The topological polar surface area (TPSA) is 32.7 Å². The Hall–Kier alpha value is -1.34. The molecule has 114 valence electrons. The van der Waals surface area contributed by atoms with Crippen LogP contribution in [0.2, 0.25) is 0 Å². The van der Waals surface area contributed by atoms with Crippen molar-refractivity contribution in [2.24, 2.45) is 0 Å². The van der Waals surface area contributed by atoms with Crippen LogP contribution in [-0.2, 0) is 11.3 Å². The van der Waals surface area contributed by atoms with Crippen LogP contribution in [0.4, 0.5) is 0 Å². The first-order valence-electron chi connectivity index (χ1n) is 7.84. The molecule has 1 aliphatic rings. The van der Waals surface area contributed by atoms with Crippen molar-refractivity contribution in [1.29, 1.82) is 0 Å². The zero-order chi connectivity index (χ0) is 14.9. The Balaban J connectivity index is 1.91. The average molecular weight is 287 g/mol. The molecular formula is C18H25NO2. The molecule has 1 aromatic carbocycles. The van der Waals surface area contributed by atoms with Gasteiger partial charge in [-0.1, -0.05) is 30.9 Å². The Morgan fingerprint density at radius 1 is 1.43 bits per heavy atom. The Morgan fingerprint density at radius 3 is 3.14 bits per heavy atom. The van der Waals surface area contributed by atoms with Crippen molar-refractivity contribution in [1.82, 2.24) is 4.90 Å². The standard InChI is InChI=1S/C18H25NO2/c1-2-12-21-18-9-4-10-19(15-18)14-17-7-3-6-16(13-17)8-5-11-20/h3,6-7,13,18,20H,2,4,9-12,14-15H2,1H3. The van der Waals surface area contributed by atoms with E-state index in [1.165, 1.54) is 18.4 Å².